The summed E-state index contributed by atoms with van der Waals surface area (Å²) in [7, 11) is 1.57. The van der Waals surface area contributed by atoms with Gasteiger partial charge < -0.3 is 14.1 Å². The first-order valence-electron chi connectivity index (χ1n) is 7.70. The van der Waals surface area contributed by atoms with Crippen LogP contribution in [0.4, 0.5) is 4.39 Å². The molecule has 5 heteroatoms. The van der Waals surface area contributed by atoms with Crippen LogP contribution in [-0.4, -0.2) is 31.0 Å². The Morgan fingerprint density at radius 3 is 2.65 bits per heavy atom. The largest absolute Gasteiger partial charge is 0.497 e. The quantitative estimate of drug-likeness (QED) is 0.867. The molecule has 1 amide bonds. The number of benzene rings is 1. The van der Waals surface area contributed by atoms with Gasteiger partial charge in [0, 0.05) is 31.5 Å². The first-order valence-corrected chi connectivity index (χ1v) is 7.70. The van der Waals surface area contributed by atoms with Crippen molar-refractivity contribution in [3.63, 3.8) is 0 Å². The number of rotatable bonds is 3. The summed E-state index contributed by atoms with van der Waals surface area (Å²) in [6.45, 7) is 2.57. The molecule has 0 atom stereocenters. The lowest BCUT2D eigenvalue weighted by atomic mass is 9.86. The molecular formula is C18H20FNO3. The standard InChI is InChI=1S/C18H20FNO3/c1-13-6-11-23-16(13)17(21)20-9-7-18(19,8-10-20)14-4-3-5-15(12-14)22-2/h3-6,11-12H,7-10H2,1-2H3. The van der Waals surface area contributed by atoms with Crippen LogP contribution in [0.3, 0.4) is 0 Å². The molecule has 0 saturated carbocycles. The molecule has 1 saturated heterocycles. The van der Waals surface area contributed by atoms with Gasteiger partial charge in [-0.2, -0.15) is 0 Å². The smallest absolute Gasteiger partial charge is 0.289 e. The van der Waals surface area contributed by atoms with E-state index in [0.29, 0.717) is 30.2 Å². The Labute approximate surface area is 134 Å². The lowest BCUT2D eigenvalue weighted by molar-refractivity contribution is 0.0397. The lowest BCUT2D eigenvalue weighted by Gasteiger charge is -2.36. The molecule has 2 heterocycles. The number of methoxy groups -OCH3 is 1. The van der Waals surface area contributed by atoms with Crippen LogP contribution in [0.5, 0.6) is 5.75 Å². The third kappa shape index (κ3) is 2.96. The fraction of sp³-hybridized carbons (Fsp3) is 0.389. The monoisotopic (exact) mass is 317 g/mol. The fourth-order valence-corrected chi connectivity index (χ4v) is 2.99. The van der Waals surface area contributed by atoms with Crippen molar-refractivity contribution in [2.24, 2.45) is 0 Å². The summed E-state index contributed by atoms with van der Waals surface area (Å²) >= 11 is 0. The van der Waals surface area contributed by atoms with E-state index >= 15 is 4.39 Å². The van der Waals surface area contributed by atoms with Gasteiger partial charge in [0.25, 0.3) is 5.91 Å². The van der Waals surface area contributed by atoms with Crippen molar-refractivity contribution in [2.75, 3.05) is 20.2 Å². The summed E-state index contributed by atoms with van der Waals surface area (Å²) in [4.78, 5) is 14.1. The molecule has 23 heavy (non-hydrogen) atoms. The fourth-order valence-electron chi connectivity index (χ4n) is 2.99. The minimum absolute atomic E-state index is 0.166. The molecule has 0 unspecified atom stereocenters. The van der Waals surface area contributed by atoms with Crippen molar-refractivity contribution >= 4 is 5.91 Å². The zero-order valence-electron chi connectivity index (χ0n) is 13.3. The number of nitrogens with zero attached hydrogens (tertiary/aromatic N) is 1. The van der Waals surface area contributed by atoms with Crippen LogP contribution in [0.2, 0.25) is 0 Å². The topological polar surface area (TPSA) is 42.7 Å². The van der Waals surface area contributed by atoms with Crippen LogP contribution in [0, 0.1) is 6.92 Å². The van der Waals surface area contributed by atoms with Gasteiger partial charge in [0.15, 0.2) is 5.76 Å². The second-order valence-corrected chi connectivity index (χ2v) is 5.92. The van der Waals surface area contributed by atoms with Crippen LogP contribution >= 0.6 is 0 Å². The second-order valence-electron chi connectivity index (χ2n) is 5.92. The van der Waals surface area contributed by atoms with Crippen molar-refractivity contribution < 1.29 is 18.3 Å². The number of furan rings is 1. The van der Waals surface area contributed by atoms with E-state index < -0.39 is 5.67 Å². The van der Waals surface area contributed by atoms with E-state index in [9.17, 15) is 4.79 Å². The number of hydrogen-bond acceptors (Lipinski definition) is 3. The average molecular weight is 317 g/mol. The van der Waals surface area contributed by atoms with E-state index in [1.807, 2.05) is 6.92 Å². The maximum absolute atomic E-state index is 15.3. The highest BCUT2D eigenvalue weighted by atomic mass is 19.1. The Morgan fingerprint density at radius 1 is 1.30 bits per heavy atom. The highest BCUT2D eigenvalue weighted by molar-refractivity contribution is 5.92. The molecule has 1 aliphatic rings. The van der Waals surface area contributed by atoms with Gasteiger partial charge in [-0.1, -0.05) is 12.1 Å². The molecule has 4 nitrogen and oxygen atoms in total. The first kappa shape index (κ1) is 15.6. The first-order chi connectivity index (χ1) is 11.0. The predicted molar refractivity (Wildman–Crippen MR) is 84.4 cm³/mol. The maximum Gasteiger partial charge on any atom is 0.289 e. The third-order valence-corrected chi connectivity index (χ3v) is 4.49. The lowest BCUT2D eigenvalue weighted by Crippen LogP contribution is -2.43. The van der Waals surface area contributed by atoms with Crippen molar-refractivity contribution in [1.82, 2.24) is 4.90 Å². The number of carbonyl (C=O) groups is 1. The molecule has 1 aromatic carbocycles. The molecule has 0 spiro atoms. The number of carbonyl (C=O) groups excluding carboxylic acids is 1. The zero-order valence-corrected chi connectivity index (χ0v) is 13.3. The number of likely N-dealkylation sites (tertiary alicyclic amines) is 1. The van der Waals surface area contributed by atoms with Crippen molar-refractivity contribution in [1.29, 1.82) is 0 Å². The van der Waals surface area contributed by atoms with Gasteiger partial charge in [0.2, 0.25) is 0 Å². The van der Waals surface area contributed by atoms with Crippen molar-refractivity contribution in [2.45, 2.75) is 25.4 Å². The number of hydrogen-bond donors (Lipinski definition) is 0. The van der Waals surface area contributed by atoms with E-state index in [4.69, 9.17) is 9.15 Å². The minimum Gasteiger partial charge on any atom is -0.497 e. The Balaban J connectivity index is 1.72. The zero-order chi connectivity index (χ0) is 16.4. The van der Waals surface area contributed by atoms with Gasteiger partial charge in [0.05, 0.1) is 13.4 Å². The van der Waals surface area contributed by atoms with Crippen LogP contribution in [0.15, 0.2) is 41.0 Å². The number of aryl methyl sites for hydroxylation is 1. The summed E-state index contributed by atoms with van der Waals surface area (Å²) in [5.41, 5.74) is -0.0122. The van der Waals surface area contributed by atoms with E-state index in [1.54, 1.807) is 42.3 Å². The van der Waals surface area contributed by atoms with Crippen LogP contribution in [0.25, 0.3) is 0 Å². The third-order valence-electron chi connectivity index (χ3n) is 4.49. The molecule has 122 valence electrons. The normalized spacial score (nSPS) is 17.1. The SMILES string of the molecule is COc1cccc(C2(F)CCN(C(=O)c3occc3C)CC2)c1. The van der Waals surface area contributed by atoms with Crippen LogP contribution in [0.1, 0.15) is 34.5 Å². The van der Waals surface area contributed by atoms with E-state index in [0.717, 1.165) is 5.56 Å². The summed E-state index contributed by atoms with van der Waals surface area (Å²) in [6, 6.07) is 8.85. The van der Waals surface area contributed by atoms with Crippen molar-refractivity contribution in [3.05, 3.63) is 53.5 Å². The Bertz CT molecular complexity index is 702. The number of amides is 1. The maximum atomic E-state index is 15.3. The molecule has 0 aliphatic carbocycles. The van der Waals surface area contributed by atoms with E-state index in [2.05, 4.69) is 0 Å². The molecule has 1 fully saturated rings. The van der Waals surface area contributed by atoms with Gasteiger partial charge >= 0.3 is 0 Å². The molecule has 0 N–H and O–H groups in total. The molecule has 0 bridgehead atoms. The number of ether oxygens (including phenoxy) is 1. The average Bonchev–Trinajstić information content (AvgIpc) is 3.01. The predicted octanol–water partition coefficient (Wildman–Crippen LogP) is 3.70. The Morgan fingerprint density at radius 2 is 2.04 bits per heavy atom. The number of halogens is 1. The minimum atomic E-state index is -1.43. The summed E-state index contributed by atoms with van der Waals surface area (Å²) < 4.78 is 25.7. The van der Waals surface area contributed by atoms with E-state index in [1.165, 1.54) is 6.26 Å². The van der Waals surface area contributed by atoms with Gasteiger partial charge in [-0.3, -0.25) is 4.79 Å². The highest BCUT2D eigenvalue weighted by Crippen LogP contribution is 2.38. The number of alkyl halides is 1. The van der Waals surface area contributed by atoms with E-state index in [-0.39, 0.29) is 18.7 Å². The molecule has 2 aromatic rings. The molecule has 1 aliphatic heterocycles. The van der Waals surface area contributed by atoms with Gasteiger partial charge in [-0.15, -0.1) is 0 Å². The van der Waals surface area contributed by atoms with Crippen molar-refractivity contribution in [3.8, 4) is 5.75 Å². The number of piperidine rings is 1. The van der Waals surface area contributed by atoms with Gasteiger partial charge in [-0.25, -0.2) is 4.39 Å². The summed E-state index contributed by atoms with van der Waals surface area (Å²) in [5.74, 6) is 0.821. The molecule has 1 aromatic heterocycles. The Hall–Kier alpha value is -2.30. The Kier molecular flexibility index (Phi) is 4.11. The van der Waals surface area contributed by atoms with Crippen LogP contribution in [-0.2, 0) is 5.67 Å². The van der Waals surface area contributed by atoms with Gasteiger partial charge in [-0.05, 0) is 30.7 Å². The van der Waals surface area contributed by atoms with Gasteiger partial charge in [0.1, 0.15) is 11.4 Å². The highest BCUT2D eigenvalue weighted by Gasteiger charge is 2.38. The summed E-state index contributed by atoms with van der Waals surface area (Å²) in [5, 5.41) is 0. The van der Waals surface area contributed by atoms with Crippen LogP contribution < -0.4 is 4.74 Å². The molecule has 3 rings (SSSR count). The molecular weight excluding hydrogens is 297 g/mol. The second kappa shape index (κ2) is 6.07. The summed E-state index contributed by atoms with van der Waals surface area (Å²) in [6.07, 6.45) is 2.04. The molecule has 0 radical (unpaired) electrons.